The lowest BCUT2D eigenvalue weighted by Crippen LogP contribution is -2.35. The van der Waals surface area contributed by atoms with E-state index in [2.05, 4.69) is 26.1 Å². The molecule has 4 atom stereocenters. The van der Waals surface area contributed by atoms with Crippen molar-refractivity contribution in [1.29, 1.82) is 0 Å². The molecule has 0 spiro atoms. The van der Waals surface area contributed by atoms with E-state index in [1.165, 1.54) is 17.2 Å². The molecule has 0 unspecified atom stereocenters. The van der Waals surface area contributed by atoms with E-state index < -0.39 is 41.5 Å². The molecular weight excluding hydrogens is 392 g/mol. The zero-order valence-electron chi connectivity index (χ0n) is 15.5. The van der Waals surface area contributed by atoms with Gasteiger partial charge < -0.3 is 19.8 Å². The van der Waals surface area contributed by atoms with Gasteiger partial charge in [0, 0.05) is 13.6 Å². The van der Waals surface area contributed by atoms with Gasteiger partial charge in [0.1, 0.15) is 24.6 Å². The number of unbranched alkanes of at least 4 members (excludes halogenated alkanes) is 1. The Morgan fingerprint density at radius 3 is 2.75 bits per heavy atom. The number of aliphatic hydroxyl groups excluding tert-OH is 2. The fourth-order valence-corrected chi connectivity index (χ4v) is 3.39. The summed E-state index contributed by atoms with van der Waals surface area (Å²) in [5, 5.41) is 25.3. The zero-order valence-corrected chi connectivity index (χ0v) is 16.4. The van der Waals surface area contributed by atoms with E-state index in [-0.39, 0.29) is 0 Å². The number of ether oxygens (including phenoxy) is 1. The third kappa shape index (κ3) is 4.24. The number of anilines is 1. The molecule has 1 aliphatic rings. The molecule has 1 aliphatic heterocycles. The quantitative estimate of drug-likeness (QED) is 0.481. The van der Waals surface area contributed by atoms with Crippen LogP contribution in [0.25, 0.3) is 11.2 Å². The van der Waals surface area contributed by atoms with Crippen molar-refractivity contribution in [3.63, 3.8) is 0 Å². The smallest absolute Gasteiger partial charge is 0.333 e. The fraction of sp³-hybridized carbons (Fsp3) is 0.667. The largest absolute Gasteiger partial charge is 0.387 e. The van der Waals surface area contributed by atoms with E-state index in [9.17, 15) is 18.6 Å². The van der Waals surface area contributed by atoms with Crippen LogP contribution in [0.2, 0.25) is 0 Å². The van der Waals surface area contributed by atoms with Crippen LogP contribution < -0.4 is 10.0 Å². The van der Waals surface area contributed by atoms with Crippen LogP contribution in [-0.2, 0) is 19.2 Å². The van der Waals surface area contributed by atoms with Crippen LogP contribution in [0.1, 0.15) is 26.0 Å². The van der Waals surface area contributed by atoms with Gasteiger partial charge in [0.05, 0.1) is 12.9 Å². The molecule has 2 aromatic heterocycles. The SMILES string of the molecule is CCCCN(C)c1ncnc2c1ncn2[C@@H]1O[C@H](COS(N)(=O)=O)[C@@H](O)[C@H]1O. The van der Waals surface area contributed by atoms with E-state index in [1.54, 1.807) is 0 Å². The van der Waals surface area contributed by atoms with Crippen molar-refractivity contribution in [1.82, 2.24) is 19.5 Å². The summed E-state index contributed by atoms with van der Waals surface area (Å²) in [7, 11) is -2.29. The molecule has 2 aromatic rings. The number of aliphatic hydroxyl groups is 2. The Balaban J connectivity index is 1.85. The summed E-state index contributed by atoms with van der Waals surface area (Å²) < 4.78 is 33.5. The van der Waals surface area contributed by atoms with Crippen LogP contribution in [0, 0.1) is 0 Å². The van der Waals surface area contributed by atoms with Crippen molar-refractivity contribution in [2.75, 3.05) is 25.1 Å². The highest BCUT2D eigenvalue weighted by molar-refractivity contribution is 7.84. The Kier molecular flexibility index (Phi) is 6.12. The van der Waals surface area contributed by atoms with Crippen molar-refractivity contribution in [3.8, 4) is 0 Å². The molecule has 156 valence electrons. The average Bonchev–Trinajstić information content (AvgIpc) is 3.19. The van der Waals surface area contributed by atoms with E-state index in [0.29, 0.717) is 17.0 Å². The van der Waals surface area contributed by atoms with Crippen molar-refractivity contribution >= 4 is 27.3 Å². The average molecular weight is 416 g/mol. The standard InChI is InChI=1S/C15H24N6O6S/c1-3-4-5-20(2)13-10-14(18-7-17-13)21(8-19-10)15-12(23)11(22)9(27-15)6-26-28(16,24)25/h7-9,11-12,15,22-23H,3-6H2,1-2H3,(H2,16,24,25)/t9-,11-,12-,15-/m1/s1. The summed E-state index contributed by atoms with van der Waals surface area (Å²) in [5.74, 6) is 0.638. The van der Waals surface area contributed by atoms with Crippen LogP contribution in [-0.4, -0.2) is 76.7 Å². The second kappa shape index (κ2) is 8.23. The minimum absolute atomic E-state index is 0.414. The number of rotatable bonds is 8. The van der Waals surface area contributed by atoms with Gasteiger partial charge in [-0.05, 0) is 6.42 Å². The van der Waals surface area contributed by atoms with E-state index >= 15 is 0 Å². The van der Waals surface area contributed by atoms with Crippen LogP contribution in [0.3, 0.4) is 0 Å². The first-order valence-corrected chi connectivity index (χ1v) is 10.3. The second-order valence-corrected chi connectivity index (χ2v) is 7.84. The maximum absolute atomic E-state index is 11.0. The van der Waals surface area contributed by atoms with E-state index in [1.807, 2.05) is 11.9 Å². The third-order valence-corrected chi connectivity index (χ3v) is 5.02. The molecule has 0 aromatic carbocycles. The lowest BCUT2D eigenvalue weighted by molar-refractivity contribution is -0.0467. The summed E-state index contributed by atoms with van der Waals surface area (Å²) in [6.07, 6.45) is 0.0000961. The summed E-state index contributed by atoms with van der Waals surface area (Å²) in [6, 6.07) is 0. The Labute approximate surface area is 162 Å². The number of fused-ring (bicyclic) bond motifs is 1. The number of imidazole rings is 1. The molecule has 28 heavy (non-hydrogen) atoms. The minimum Gasteiger partial charge on any atom is -0.387 e. The highest BCUT2D eigenvalue weighted by atomic mass is 32.2. The summed E-state index contributed by atoms with van der Waals surface area (Å²) in [5.41, 5.74) is 0.938. The highest BCUT2D eigenvalue weighted by Gasteiger charge is 2.45. The molecule has 0 aliphatic carbocycles. The molecule has 0 radical (unpaired) electrons. The normalized spacial score (nSPS) is 25.5. The Morgan fingerprint density at radius 1 is 1.32 bits per heavy atom. The number of hydrogen-bond acceptors (Lipinski definition) is 10. The lowest BCUT2D eigenvalue weighted by Gasteiger charge is -2.19. The summed E-state index contributed by atoms with van der Waals surface area (Å²) in [6.45, 7) is 2.36. The predicted octanol–water partition coefficient (Wildman–Crippen LogP) is -1.10. The molecular formula is C15H24N6O6S. The molecule has 0 saturated carbocycles. The first kappa shape index (κ1) is 20.8. The fourth-order valence-electron chi connectivity index (χ4n) is 3.06. The molecule has 0 amide bonds. The van der Waals surface area contributed by atoms with Gasteiger partial charge in [-0.2, -0.15) is 8.42 Å². The van der Waals surface area contributed by atoms with Crippen molar-refractivity contribution < 1.29 is 27.6 Å². The first-order chi connectivity index (χ1) is 13.2. The topological polar surface area (TPSA) is 166 Å². The first-order valence-electron chi connectivity index (χ1n) is 8.80. The minimum atomic E-state index is -4.20. The van der Waals surface area contributed by atoms with Crippen molar-refractivity contribution in [2.24, 2.45) is 5.14 Å². The predicted molar refractivity (Wildman–Crippen MR) is 98.5 cm³/mol. The molecule has 12 nitrogen and oxygen atoms in total. The van der Waals surface area contributed by atoms with E-state index in [4.69, 9.17) is 9.88 Å². The van der Waals surface area contributed by atoms with Crippen molar-refractivity contribution in [2.45, 2.75) is 44.3 Å². The number of nitrogens with two attached hydrogens (primary N) is 1. The van der Waals surface area contributed by atoms with Gasteiger partial charge in [0.15, 0.2) is 23.2 Å². The molecule has 13 heteroatoms. The van der Waals surface area contributed by atoms with Crippen LogP contribution in [0.5, 0.6) is 0 Å². The second-order valence-electron chi connectivity index (χ2n) is 6.62. The van der Waals surface area contributed by atoms with Gasteiger partial charge in [-0.25, -0.2) is 20.1 Å². The van der Waals surface area contributed by atoms with Gasteiger partial charge in [-0.1, -0.05) is 13.3 Å². The number of nitrogens with zero attached hydrogens (tertiary/aromatic N) is 5. The van der Waals surface area contributed by atoms with Gasteiger partial charge >= 0.3 is 10.3 Å². The van der Waals surface area contributed by atoms with E-state index in [0.717, 1.165) is 19.4 Å². The molecule has 1 saturated heterocycles. The van der Waals surface area contributed by atoms with Crippen molar-refractivity contribution in [3.05, 3.63) is 12.7 Å². The molecule has 4 N–H and O–H groups in total. The lowest BCUT2D eigenvalue weighted by atomic mass is 10.1. The summed E-state index contributed by atoms with van der Waals surface area (Å²) in [4.78, 5) is 14.8. The molecule has 3 rings (SSSR count). The Morgan fingerprint density at radius 2 is 2.07 bits per heavy atom. The maximum Gasteiger partial charge on any atom is 0.333 e. The van der Waals surface area contributed by atoms with Gasteiger partial charge in [0.25, 0.3) is 0 Å². The monoisotopic (exact) mass is 416 g/mol. The van der Waals surface area contributed by atoms with Crippen LogP contribution >= 0.6 is 0 Å². The molecule has 3 heterocycles. The van der Waals surface area contributed by atoms with Gasteiger partial charge in [-0.15, -0.1) is 0 Å². The Bertz CT molecular complexity index is 921. The third-order valence-electron chi connectivity index (χ3n) is 4.56. The molecule has 1 fully saturated rings. The maximum atomic E-state index is 11.0. The van der Waals surface area contributed by atoms with Gasteiger partial charge in [0.2, 0.25) is 0 Å². The van der Waals surface area contributed by atoms with Gasteiger partial charge in [-0.3, -0.25) is 8.75 Å². The highest BCUT2D eigenvalue weighted by Crippen LogP contribution is 2.33. The van der Waals surface area contributed by atoms with Crippen LogP contribution in [0.15, 0.2) is 12.7 Å². The summed E-state index contributed by atoms with van der Waals surface area (Å²) >= 11 is 0. The number of hydrogen-bond donors (Lipinski definition) is 3. The number of aromatic nitrogens is 4. The molecule has 0 bridgehead atoms. The Hall–Kier alpha value is -1.90. The zero-order chi connectivity index (χ0) is 20.5. The van der Waals surface area contributed by atoms with Crippen LogP contribution in [0.4, 0.5) is 5.82 Å².